The second kappa shape index (κ2) is 6.24. The van der Waals surface area contributed by atoms with Crippen LogP contribution in [0.1, 0.15) is 34.4 Å². The van der Waals surface area contributed by atoms with Gasteiger partial charge in [-0.1, -0.05) is 17.7 Å². The number of furan rings is 1. The van der Waals surface area contributed by atoms with Gasteiger partial charge in [-0.05, 0) is 55.7 Å². The van der Waals surface area contributed by atoms with E-state index in [4.69, 9.17) is 9.15 Å². The summed E-state index contributed by atoms with van der Waals surface area (Å²) in [5.41, 5.74) is 4.84. The highest BCUT2D eigenvalue weighted by atomic mass is 16.6. The van der Waals surface area contributed by atoms with Crippen molar-refractivity contribution in [2.75, 3.05) is 0 Å². The number of aryl methyl sites for hydroxylation is 4. The maximum Gasteiger partial charge on any atom is 0.363 e. The van der Waals surface area contributed by atoms with Gasteiger partial charge in [0.1, 0.15) is 5.76 Å². The molecule has 0 unspecified atom stereocenters. The Morgan fingerprint density at radius 2 is 1.87 bits per heavy atom. The number of hydrogen-bond acceptors (Lipinski definition) is 4. The molecule has 0 aliphatic carbocycles. The van der Waals surface area contributed by atoms with E-state index in [1.165, 1.54) is 5.56 Å². The van der Waals surface area contributed by atoms with Crippen molar-refractivity contribution in [3.8, 4) is 0 Å². The second-order valence-electron chi connectivity index (χ2n) is 5.82. The Labute approximate surface area is 135 Å². The van der Waals surface area contributed by atoms with Gasteiger partial charge in [0.15, 0.2) is 11.6 Å². The number of hydrogen-bond donors (Lipinski definition) is 0. The van der Waals surface area contributed by atoms with Crippen LogP contribution in [0, 0.1) is 20.8 Å². The lowest BCUT2D eigenvalue weighted by Crippen LogP contribution is -2.05. The molecule has 0 fully saturated rings. The monoisotopic (exact) mass is 309 g/mol. The number of cyclic esters (lactones) is 1. The minimum absolute atomic E-state index is 0.356. The first-order valence-corrected chi connectivity index (χ1v) is 7.64. The second-order valence-corrected chi connectivity index (χ2v) is 5.82. The lowest BCUT2D eigenvalue weighted by Gasteiger charge is -2.07. The summed E-state index contributed by atoms with van der Waals surface area (Å²) >= 11 is 0. The molecule has 3 rings (SSSR count). The third-order valence-corrected chi connectivity index (χ3v) is 3.85. The Morgan fingerprint density at radius 3 is 2.52 bits per heavy atom. The highest BCUT2D eigenvalue weighted by molar-refractivity contribution is 6.07. The zero-order chi connectivity index (χ0) is 16.4. The molecule has 1 aliphatic rings. The molecular weight excluding hydrogens is 290 g/mol. The summed E-state index contributed by atoms with van der Waals surface area (Å²) in [5, 5.41) is 0. The van der Waals surface area contributed by atoms with Crippen LogP contribution in [0.5, 0.6) is 0 Å². The minimum atomic E-state index is -0.390. The van der Waals surface area contributed by atoms with Crippen molar-refractivity contribution < 1.29 is 13.9 Å². The normalized spacial score (nSPS) is 15.9. The van der Waals surface area contributed by atoms with Crippen LogP contribution in [0.4, 0.5) is 0 Å². The predicted molar refractivity (Wildman–Crippen MR) is 89.2 cm³/mol. The number of rotatable bonds is 4. The molecule has 0 saturated heterocycles. The minimum Gasteiger partial charge on any atom is -0.469 e. The van der Waals surface area contributed by atoms with E-state index in [-0.39, 0.29) is 5.97 Å². The third kappa shape index (κ3) is 3.42. The molecule has 2 aromatic rings. The van der Waals surface area contributed by atoms with E-state index in [9.17, 15) is 4.79 Å². The smallest absolute Gasteiger partial charge is 0.363 e. The third-order valence-electron chi connectivity index (χ3n) is 3.85. The van der Waals surface area contributed by atoms with Crippen LogP contribution in [0.25, 0.3) is 6.08 Å². The standard InChI is InChI=1S/C19H19NO3/c1-12-9-13(2)16(14(3)10-12)11-17-19(21)23-18(20-17)7-6-15-5-4-8-22-15/h4-5,8-11H,6-7H2,1-3H3/b17-11-. The van der Waals surface area contributed by atoms with Crippen LogP contribution in [0.15, 0.2) is 45.6 Å². The fourth-order valence-corrected chi connectivity index (χ4v) is 2.80. The van der Waals surface area contributed by atoms with Gasteiger partial charge in [-0.2, -0.15) is 0 Å². The Hall–Kier alpha value is -2.62. The first-order chi connectivity index (χ1) is 11.0. The zero-order valence-electron chi connectivity index (χ0n) is 13.6. The summed E-state index contributed by atoms with van der Waals surface area (Å²) in [6.45, 7) is 6.13. The van der Waals surface area contributed by atoms with Crippen LogP contribution in [0.2, 0.25) is 0 Å². The fraction of sp³-hybridized carbons (Fsp3) is 0.263. The van der Waals surface area contributed by atoms with Crippen LogP contribution < -0.4 is 0 Å². The lowest BCUT2D eigenvalue weighted by molar-refractivity contribution is -0.130. The van der Waals surface area contributed by atoms with Crippen molar-refractivity contribution in [2.45, 2.75) is 33.6 Å². The Balaban J connectivity index is 1.81. The molecule has 118 valence electrons. The summed E-state index contributed by atoms with van der Waals surface area (Å²) in [4.78, 5) is 16.3. The molecule has 0 atom stereocenters. The van der Waals surface area contributed by atoms with Gasteiger partial charge in [0.2, 0.25) is 0 Å². The number of ether oxygens (including phenoxy) is 1. The van der Waals surface area contributed by atoms with Gasteiger partial charge in [0, 0.05) is 12.8 Å². The maximum atomic E-state index is 12.0. The molecule has 4 nitrogen and oxygen atoms in total. The number of carbonyl (C=O) groups excluding carboxylic acids is 1. The molecule has 2 heterocycles. The molecule has 1 aromatic carbocycles. The SMILES string of the molecule is Cc1cc(C)c(/C=C2\N=C(CCc3ccco3)OC2=O)c(C)c1. The van der Waals surface area contributed by atoms with Crippen LogP contribution >= 0.6 is 0 Å². The van der Waals surface area contributed by atoms with E-state index in [1.807, 2.05) is 32.1 Å². The fourth-order valence-electron chi connectivity index (χ4n) is 2.80. The number of esters is 1. The van der Waals surface area contributed by atoms with Gasteiger partial charge in [0.25, 0.3) is 0 Å². The quantitative estimate of drug-likeness (QED) is 0.630. The van der Waals surface area contributed by atoms with Crippen LogP contribution in [-0.4, -0.2) is 11.9 Å². The summed E-state index contributed by atoms with van der Waals surface area (Å²) in [6.07, 6.45) is 4.65. The summed E-state index contributed by atoms with van der Waals surface area (Å²) < 4.78 is 10.5. The first kappa shape index (κ1) is 15.3. The van der Waals surface area contributed by atoms with Crippen LogP contribution in [-0.2, 0) is 16.0 Å². The Bertz CT molecular complexity index is 775. The maximum absolute atomic E-state index is 12.0. The van der Waals surface area contributed by atoms with Gasteiger partial charge in [0.05, 0.1) is 6.26 Å². The molecular formula is C19H19NO3. The summed E-state index contributed by atoms with van der Waals surface area (Å²) in [7, 11) is 0. The molecule has 0 amide bonds. The van der Waals surface area contributed by atoms with Crippen molar-refractivity contribution in [1.29, 1.82) is 0 Å². The van der Waals surface area contributed by atoms with E-state index in [2.05, 4.69) is 24.0 Å². The van der Waals surface area contributed by atoms with Crippen molar-refractivity contribution in [1.82, 2.24) is 0 Å². The molecule has 0 N–H and O–H groups in total. The van der Waals surface area contributed by atoms with Crippen molar-refractivity contribution >= 4 is 17.9 Å². The average Bonchev–Trinajstić information content (AvgIpc) is 3.10. The van der Waals surface area contributed by atoms with E-state index in [0.29, 0.717) is 24.4 Å². The number of aliphatic imine (C=N–C) groups is 1. The largest absolute Gasteiger partial charge is 0.469 e. The van der Waals surface area contributed by atoms with Gasteiger partial charge in [-0.15, -0.1) is 0 Å². The topological polar surface area (TPSA) is 51.8 Å². The van der Waals surface area contributed by atoms with E-state index >= 15 is 0 Å². The van der Waals surface area contributed by atoms with Crippen LogP contribution in [0.3, 0.4) is 0 Å². The average molecular weight is 309 g/mol. The van der Waals surface area contributed by atoms with Gasteiger partial charge >= 0.3 is 5.97 Å². The highest BCUT2D eigenvalue weighted by Crippen LogP contribution is 2.23. The predicted octanol–water partition coefficient (Wildman–Crippen LogP) is 4.13. The van der Waals surface area contributed by atoms with Gasteiger partial charge in [-0.3, -0.25) is 0 Å². The first-order valence-electron chi connectivity index (χ1n) is 7.64. The number of carbonyl (C=O) groups is 1. The van der Waals surface area contributed by atoms with Gasteiger partial charge in [-0.25, -0.2) is 9.79 Å². The lowest BCUT2D eigenvalue weighted by atomic mass is 9.99. The molecule has 0 spiro atoms. The number of benzene rings is 1. The molecule has 1 aromatic heterocycles. The van der Waals surface area contributed by atoms with Crippen molar-refractivity contribution in [3.63, 3.8) is 0 Å². The van der Waals surface area contributed by atoms with E-state index in [1.54, 1.807) is 6.26 Å². The van der Waals surface area contributed by atoms with Gasteiger partial charge < -0.3 is 9.15 Å². The Kier molecular flexibility index (Phi) is 4.15. The zero-order valence-corrected chi connectivity index (χ0v) is 13.6. The van der Waals surface area contributed by atoms with E-state index < -0.39 is 0 Å². The summed E-state index contributed by atoms with van der Waals surface area (Å²) in [5.74, 6) is 0.908. The Morgan fingerprint density at radius 1 is 1.13 bits per heavy atom. The molecule has 23 heavy (non-hydrogen) atoms. The molecule has 0 bridgehead atoms. The summed E-state index contributed by atoms with van der Waals surface area (Å²) in [6, 6.07) is 7.93. The molecule has 0 saturated carbocycles. The number of nitrogens with zero attached hydrogens (tertiary/aromatic N) is 1. The van der Waals surface area contributed by atoms with Crippen molar-refractivity contribution in [3.05, 3.63) is 64.2 Å². The highest BCUT2D eigenvalue weighted by Gasteiger charge is 2.23. The van der Waals surface area contributed by atoms with E-state index in [0.717, 1.165) is 22.5 Å². The molecule has 0 radical (unpaired) electrons. The van der Waals surface area contributed by atoms with Crippen molar-refractivity contribution in [2.24, 2.45) is 4.99 Å². The molecule has 1 aliphatic heterocycles. The molecule has 4 heteroatoms.